The summed E-state index contributed by atoms with van der Waals surface area (Å²) in [5.41, 5.74) is 1.34. The molecular formula is C21H24ClN3O4S. The van der Waals surface area contributed by atoms with Crippen molar-refractivity contribution in [3.8, 4) is 0 Å². The molecule has 0 saturated carbocycles. The fourth-order valence-electron chi connectivity index (χ4n) is 3.41. The topological polar surface area (TPSA) is 95.6 Å². The molecule has 1 heterocycles. The number of carbonyl (C=O) groups excluding carboxylic acids is 2. The van der Waals surface area contributed by atoms with Crippen molar-refractivity contribution in [3.05, 3.63) is 59.1 Å². The first-order chi connectivity index (χ1) is 14.3. The van der Waals surface area contributed by atoms with E-state index in [0.29, 0.717) is 36.6 Å². The van der Waals surface area contributed by atoms with E-state index in [1.165, 1.54) is 23.4 Å². The largest absolute Gasteiger partial charge is 0.352 e. The molecule has 2 aromatic rings. The zero-order chi connectivity index (χ0) is 21.7. The van der Waals surface area contributed by atoms with Crippen molar-refractivity contribution in [3.63, 3.8) is 0 Å². The minimum absolute atomic E-state index is 0.129. The molecule has 0 aliphatic carbocycles. The van der Waals surface area contributed by atoms with Crippen LogP contribution in [0.1, 0.15) is 25.3 Å². The van der Waals surface area contributed by atoms with Gasteiger partial charge in [0.25, 0.3) is 0 Å². The number of carbonyl (C=O) groups is 2. The van der Waals surface area contributed by atoms with Crippen LogP contribution in [0.2, 0.25) is 5.02 Å². The lowest BCUT2D eigenvalue weighted by Gasteiger charge is -2.31. The summed E-state index contributed by atoms with van der Waals surface area (Å²) in [6, 6.07) is 13.3. The lowest BCUT2D eigenvalue weighted by molar-refractivity contribution is -0.126. The predicted octanol–water partition coefficient (Wildman–Crippen LogP) is 3.02. The average Bonchev–Trinajstić information content (AvgIpc) is 2.73. The van der Waals surface area contributed by atoms with E-state index in [1.54, 1.807) is 18.2 Å². The Morgan fingerprint density at radius 2 is 1.83 bits per heavy atom. The fourth-order valence-corrected chi connectivity index (χ4v) is 5.13. The van der Waals surface area contributed by atoms with Crippen molar-refractivity contribution in [2.75, 3.05) is 18.4 Å². The van der Waals surface area contributed by atoms with Gasteiger partial charge < -0.3 is 10.6 Å². The number of benzene rings is 2. The summed E-state index contributed by atoms with van der Waals surface area (Å²) in [6.45, 7) is 2.18. The Labute approximate surface area is 181 Å². The fraction of sp³-hybridized carbons (Fsp3) is 0.333. The van der Waals surface area contributed by atoms with Gasteiger partial charge >= 0.3 is 0 Å². The van der Waals surface area contributed by atoms with Crippen molar-refractivity contribution >= 4 is 39.1 Å². The Kier molecular flexibility index (Phi) is 7.12. The van der Waals surface area contributed by atoms with Crippen LogP contribution in [0.3, 0.4) is 0 Å². The molecule has 0 bridgehead atoms. The van der Waals surface area contributed by atoms with E-state index >= 15 is 0 Å². The molecule has 3 rings (SSSR count). The number of piperidine rings is 1. The zero-order valence-electron chi connectivity index (χ0n) is 16.6. The number of halogens is 1. The van der Waals surface area contributed by atoms with Gasteiger partial charge in [-0.05, 0) is 48.7 Å². The molecule has 30 heavy (non-hydrogen) atoms. The molecule has 0 radical (unpaired) electrons. The van der Waals surface area contributed by atoms with Crippen LogP contribution in [0.15, 0.2) is 53.4 Å². The van der Waals surface area contributed by atoms with Crippen molar-refractivity contribution in [2.45, 2.75) is 31.2 Å². The lowest BCUT2D eigenvalue weighted by Crippen LogP contribution is -2.45. The maximum atomic E-state index is 13.0. The SMILES string of the molecule is CC(=O)Nc1ccc(S(=O)(=O)N2CCC[C@@H](C(=O)NCc3ccccc3Cl)C2)cc1. The summed E-state index contributed by atoms with van der Waals surface area (Å²) in [4.78, 5) is 23.9. The number of hydrogen-bond donors (Lipinski definition) is 2. The van der Waals surface area contributed by atoms with E-state index in [9.17, 15) is 18.0 Å². The van der Waals surface area contributed by atoms with Crippen LogP contribution >= 0.6 is 11.6 Å². The van der Waals surface area contributed by atoms with Gasteiger partial charge in [-0.3, -0.25) is 9.59 Å². The second kappa shape index (κ2) is 9.59. The molecule has 1 saturated heterocycles. The second-order valence-electron chi connectivity index (χ2n) is 7.22. The maximum Gasteiger partial charge on any atom is 0.243 e. The Bertz CT molecular complexity index is 1020. The monoisotopic (exact) mass is 449 g/mol. The molecule has 1 fully saturated rings. The molecule has 1 aliphatic rings. The molecule has 2 aromatic carbocycles. The molecule has 2 N–H and O–H groups in total. The lowest BCUT2D eigenvalue weighted by atomic mass is 9.99. The molecule has 0 aromatic heterocycles. The molecule has 9 heteroatoms. The summed E-state index contributed by atoms with van der Waals surface area (Å²) in [5.74, 6) is -0.835. The Morgan fingerprint density at radius 1 is 1.13 bits per heavy atom. The summed E-state index contributed by atoms with van der Waals surface area (Å²) in [7, 11) is -3.73. The van der Waals surface area contributed by atoms with Crippen LogP contribution in [-0.2, 0) is 26.2 Å². The molecule has 0 spiro atoms. The van der Waals surface area contributed by atoms with Gasteiger partial charge in [-0.15, -0.1) is 0 Å². The van der Waals surface area contributed by atoms with Gasteiger partial charge in [-0.2, -0.15) is 4.31 Å². The van der Waals surface area contributed by atoms with E-state index in [-0.39, 0.29) is 23.3 Å². The van der Waals surface area contributed by atoms with Crippen molar-refractivity contribution in [1.29, 1.82) is 0 Å². The van der Waals surface area contributed by atoms with Gasteiger partial charge in [0, 0.05) is 37.3 Å². The number of nitrogens with zero attached hydrogens (tertiary/aromatic N) is 1. The zero-order valence-corrected chi connectivity index (χ0v) is 18.2. The second-order valence-corrected chi connectivity index (χ2v) is 9.56. The molecule has 1 aliphatic heterocycles. The molecule has 1 atom stereocenters. The number of amides is 2. The van der Waals surface area contributed by atoms with Crippen molar-refractivity contribution in [1.82, 2.24) is 9.62 Å². The van der Waals surface area contributed by atoms with Gasteiger partial charge in [-0.1, -0.05) is 29.8 Å². The highest BCUT2D eigenvalue weighted by Crippen LogP contribution is 2.25. The van der Waals surface area contributed by atoms with E-state index in [2.05, 4.69) is 10.6 Å². The van der Waals surface area contributed by atoms with E-state index in [1.807, 2.05) is 18.2 Å². The average molecular weight is 450 g/mol. The number of sulfonamides is 1. The van der Waals surface area contributed by atoms with E-state index in [4.69, 9.17) is 11.6 Å². The smallest absolute Gasteiger partial charge is 0.243 e. The van der Waals surface area contributed by atoms with Crippen LogP contribution in [0.25, 0.3) is 0 Å². The highest BCUT2D eigenvalue weighted by molar-refractivity contribution is 7.89. The normalized spacial score (nSPS) is 17.3. The highest BCUT2D eigenvalue weighted by Gasteiger charge is 2.33. The molecular weight excluding hydrogens is 426 g/mol. The molecule has 7 nitrogen and oxygen atoms in total. The first-order valence-corrected chi connectivity index (χ1v) is 11.5. The third-order valence-corrected chi connectivity index (χ3v) is 7.23. The van der Waals surface area contributed by atoms with Crippen LogP contribution in [0, 0.1) is 5.92 Å². The standard InChI is InChI=1S/C21H24ClN3O4S/c1-15(26)24-18-8-10-19(11-9-18)30(28,29)25-12-4-6-17(14-25)21(27)23-13-16-5-2-3-7-20(16)22/h2-3,5,7-11,17H,4,6,12-14H2,1H3,(H,23,27)(H,24,26)/t17-/m1/s1. The minimum Gasteiger partial charge on any atom is -0.352 e. The van der Waals surface area contributed by atoms with Crippen LogP contribution < -0.4 is 10.6 Å². The van der Waals surface area contributed by atoms with Gasteiger partial charge in [0.1, 0.15) is 0 Å². The number of nitrogens with one attached hydrogen (secondary N) is 2. The minimum atomic E-state index is -3.73. The van der Waals surface area contributed by atoms with Crippen molar-refractivity contribution in [2.24, 2.45) is 5.92 Å². The van der Waals surface area contributed by atoms with Crippen molar-refractivity contribution < 1.29 is 18.0 Å². The third kappa shape index (κ3) is 5.38. The quantitative estimate of drug-likeness (QED) is 0.708. The summed E-state index contributed by atoms with van der Waals surface area (Å²) in [5, 5.41) is 6.05. The van der Waals surface area contributed by atoms with Gasteiger partial charge in [0.15, 0.2) is 0 Å². The van der Waals surface area contributed by atoms with E-state index < -0.39 is 15.9 Å². The third-order valence-electron chi connectivity index (χ3n) is 4.98. The van der Waals surface area contributed by atoms with Crippen LogP contribution in [-0.4, -0.2) is 37.6 Å². The van der Waals surface area contributed by atoms with Crippen LogP contribution in [0.4, 0.5) is 5.69 Å². The maximum absolute atomic E-state index is 13.0. The number of anilines is 1. The first kappa shape index (κ1) is 22.3. The predicted molar refractivity (Wildman–Crippen MR) is 116 cm³/mol. The highest BCUT2D eigenvalue weighted by atomic mass is 35.5. The van der Waals surface area contributed by atoms with Crippen LogP contribution in [0.5, 0.6) is 0 Å². The Hall–Kier alpha value is -2.42. The molecule has 0 unspecified atom stereocenters. The first-order valence-electron chi connectivity index (χ1n) is 9.66. The molecule has 2 amide bonds. The summed E-state index contributed by atoms with van der Waals surface area (Å²) in [6.07, 6.45) is 1.23. The summed E-state index contributed by atoms with van der Waals surface area (Å²) < 4.78 is 27.4. The molecule has 160 valence electrons. The number of rotatable bonds is 6. The van der Waals surface area contributed by atoms with Gasteiger partial charge in [0.05, 0.1) is 10.8 Å². The summed E-state index contributed by atoms with van der Waals surface area (Å²) >= 11 is 6.12. The number of hydrogen-bond acceptors (Lipinski definition) is 4. The Morgan fingerprint density at radius 3 is 2.50 bits per heavy atom. The van der Waals surface area contributed by atoms with Gasteiger partial charge in [-0.25, -0.2) is 8.42 Å². The Balaban J connectivity index is 1.65. The van der Waals surface area contributed by atoms with E-state index in [0.717, 1.165) is 5.56 Å². The van der Waals surface area contributed by atoms with Gasteiger partial charge in [0.2, 0.25) is 21.8 Å².